The Morgan fingerprint density at radius 3 is 2.47 bits per heavy atom. The van der Waals surface area contributed by atoms with Crippen LogP contribution in [0.4, 0.5) is 0 Å². The highest BCUT2D eigenvalue weighted by Gasteiger charge is 2.21. The second kappa shape index (κ2) is 7.26. The Balaban J connectivity index is 2.20. The molecule has 19 heavy (non-hydrogen) atoms. The lowest BCUT2D eigenvalue weighted by Crippen LogP contribution is -2.38. The molecule has 0 aliphatic carbocycles. The van der Waals surface area contributed by atoms with Crippen LogP contribution in [0.25, 0.3) is 0 Å². The Morgan fingerprint density at radius 2 is 1.89 bits per heavy atom. The minimum atomic E-state index is -0.630. The number of hydrogen-bond donors (Lipinski definition) is 1. The quantitative estimate of drug-likeness (QED) is 0.633. The van der Waals surface area contributed by atoms with Crippen LogP contribution in [0.3, 0.4) is 0 Å². The van der Waals surface area contributed by atoms with Crippen molar-refractivity contribution in [3.05, 3.63) is 35.9 Å². The lowest BCUT2D eigenvalue weighted by Gasteiger charge is -2.22. The van der Waals surface area contributed by atoms with Crippen molar-refractivity contribution < 1.29 is 14.3 Å². The molecule has 0 amide bonds. The fourth-order valence-electron chi connectivity index (χ4n) is 1.47. The summed E-state index contributed by atoms with van der Waals surface area (Å²) >= 11 is 0. The van der Waals surface area contributed by atoms with Crippen LogP contribution in [0.2, 0.25) is 0 Å². The number of hydrogen-bond acceptors (Lipinski definition) is 4. The van der Waals surface area contributed by atoms with Crippen molar-refractivity contribution >= 4 is 5.97 Å². The molecule has 2 N–H and O–H groups in total. The number of esters is 1. The predicted octanol–water partition coefficient (Wildman–Crippen LogP) is 2.26. The Bertz CT molecular complexity index is 384. The number of carbonyl (C=O) groups is 1. The van der Waals surface area contributed by atoms with E-state index in [1.165, 1.54) is 0 Å². The van der Waals surface area contributed by atoms with E-state index in [0.717, 1.165) is 5.56 Å². The van der Waals surface area contributed by atoms with Crippen molar-refractivity contribution in [1.29, 1.82) is 0 Å². The van der Waals surface area contributed by atoms with Gasteiger partial charge in [0.25, 0.3) is 0 Å². The van der Waals surface area contributed by atoms with Crippen LogP contribution in [-0.2, 0) is 20.9 Å². The maximum atomic E-state index is 11.6. The first-order valence-corrected chi connectivity index (χ1v) is 6.48. The summed E-state index contributed by atoms with van der Waals surface area (Å²) in [6.45, 7) is 6.44. The zero-order chi connectivity index (χ0) is 14.3. The van der Waals surface area contributed by atoms with Gasteiger partial charge in [0.1, 0.15) is 11.6 Å². The van der Waals surface area contributed by atoms with E-state index in [4.69, 9.17) is 15.2 Å². The molecule has 1 unspecified atom stereocenters. The third-order valence-electron chi connectivity index (χ3n) is 2.39. The van der Waals surface area contributed by atoms with Crippen molar-refractivity contribution in [2.75, 3.05) is 6.61 Å². The Labute approximate surface area is 114 Å². The van der Waals surface area contributed by atoms with Gasteiger partial charge in [-0.05, 0) is 32.8 Å². The third kappa shape index (κ3) is 6.94. The molecule has 0 saturated carbocycles. The molecule has 1 aromatic carbocycles. The van der Waals surface area contributed by atoms with Crippen molar-refractivity contribution in [2.24, 2.45) is 5.73 Å². The molecule has 0 bridgehead atoms. The average Bonchev–Trinajstić information content (AvgIpc) is 2.33. The normalized spacial score (nSPS) is 13.1. The van der Waals surface area contributed by atoms with Crippen LogP contribution in [0.5, 0.6) is 0 Å². The van der Waals surface area contributed by atoms with Gasteiger partial charge in [0.15, 0.2) is 0 Å². The van der Waals surface area contributed by atoms with Crippen LogP contribution >= 0.6 is 0 Å². The van der Waals surface area contributed by atoms with E-state index in [-0.39, 0.29) is 5.97 Å². The molecule has 0 fully saturated rings. The van der Waals surface area contributed by atoms with Crippen LogP contribution in [-0.4, -0.2) is 24.2 Å². The lowest BCUT2D eigenvalue weighted by atomic mass is 10.1. The van der Waals surface area contributed by atoms with Gasteiger partial charge in [0.05, 0.1) is 6.61 Å². The molecule has 4 heteroatoms. The van der Waals surface area contributed by atoms with Crippen molar-refractivity contribution in [2.45, 2.75) is 45.4 Å². The van der Waals surface area contributed by atoms with Crippen molar-refractivity contribution in [3.63, 3.8) is 0 Å². The SMILES string of the molecule is CC(C)(C)OC(=O)C(N)CCOCc1ccccc1. The van der Waals surface area contributed by atoms with Gasteiger partial charge in [0, 0.05) is 6.61 Å². The van der Waals surface area contributed by atoms with E-state index in [2.05, 4.69) is 0 Å². The molecule has 0 aromatic heterocycles. The van der Waals surface area contributed by atoms with Gasteiger partial charge in [-0.3, -0.25) is 4.79 Å². The topological polar surface area (TPSA) is 61.5 Å². The third-order valence-corrected chi connectivity index (χ3v) is 2.39. The average molecular weight is 265 g/mol. The Morgan fingerprint density at radius 1 is 1.26 bits per heavy atom. The molecule has 0 aliphatic rings. The molecule has 106 valence electrons. The van der Waals surface area contributed by atoms with Crippen molar-refractivity contribution in [1.82, 2.24) is 0 Å². The number of carbonyl (C=O) groups excluding carboxylic acids is 1. The van der Waals surface area contributed by atoms with Crippen LogP contribution < -0.4 is 5.73 Å². The molecule has 1 atom stereocenters. The summed E-state index contributed by atoms with van der Waals surface area (Å²) in [5, 5.41) is 0. The van der Waals surface area contributed by atoms with Gasteiger partial charge in [-0.15, -0.1) is 0 Å². The van der Waals surface area contributed by atoms with E-state index in [0.29, 0.717) is 19.6 Å². The molecular weight excluding hydrogens is 242 g/mol. The van der Waals surface area contributed by atoms with E-state index >= 15 is 0 Å². The van der Waals surface area contributed by atoms with Gasteiger partial charge >= 0.3 is 5.97 Å². The highest BCUT2D eigenvalue weighted by atomic mass is 16.6. The Hall–Kier alpha value is -1.39. The summed E-state index contributed by atoms with van der Waals surface area (Å²) in [5.41, 5.74) is 6.35. The summed E-state index contributed by atoms with van der Waals surface area (Å²) in [6, 6.07) is 9.25. The Kier molecular flexibility index (Phi) is 5.99. The zero-order valence-corrected chi connectivity index (χ0v) is 11.9. The second-order valence-electron chi connectivity index (χ2n) is 5.47. The number of rotatable bonds is 6. The first-order valence-electron chi connectivity index (χ1n) is 6.48. The fraction of sp³-hybridized carbons (Fsp3) is 0.533. The number of nitrogens with two attached hydrogens (primary N) is 1. The largest absolute Gasteiger partial charge is 0.459 e. The number of ether oxygens (including phenoxy) is 2. The predicted molar refractivity (Wildman–Crippen MR) is 74.5 cm³/mol. The van der Waals surface area contributed by atoms with Gasteiger partial charge in [-0.1, -0.05) is 30.3 Å². The van der Waals surface area contributed by atoms with E-state index in [9.17, 15) is 4.79 Å². The van der Waals surface area contributed by atoms with Crippen molar-refractivity contribution in [3.8, 4) is 0 Å². The van der Waals surface area contributed by atoms with Crippen LogP contribution in [0, 0.1) is 0 Å². The van der Waals surface area contributed by atoms with E-state index < -0.39 is 11.6 Å². The standard InChI is InChI=1S/C15H23NO3/c1-15(2,3)19-14(17)13(16)9-10-18-11-12-7-5-4-6-8-12/h4-8,13H,9-11,16H2,1-3H3. The maximum Gasteiger partial charge on any atom is 0.323 e. The van der Waals surface area contributed by atoms with E-state index in [1.54, 1.807) is 0 Å². The smallest absolute Gasteiger partial charge is 0.323 e. The monoisotopic (exact) mass is 265 g/mol. The highest BCUT2D eigenvalue weighted by Crippen LogP contribution is 2.09. The first-order chi connectivity index (χ1) is 8.88. The van der Waals surface area contributed by atoms with Crippen LogP contribution in [0.15, 0.2) is 30.3 Å². The molecule has 4 nitrogen and oxygen atoms in total. The summed E-state index contributed by atoms with van der Waals surface area (Å²) < 4.78 is 10.7. The van der Waals surface area contributed by atoms with Gasteiger partial charge in [0.2, 0.25) is 0 Å². The molecule has 1 rings (SSSR count). The summed E-state index contributed by atoms with van der Waals surface area (Å²) in [6.07, 6.45) is 0.460. The van der Waals surface area contributed by atoms with Crippen LogP contribution in [0.1, 0.15) is 32.8 Å². The molecular formula is C15H23NO3. The molecule has 0 heterocycles. The minimum absolute atomic E-state index is 0.379. The summed E-state index contributed by atoms with van der Waals surface area (Å²) in [7, 11) is 0. The van der Waals surface area contributed by atoms with E-state index in [1.807, 2.05) is 51.1 Å². The summed E-state index contributed by atoms with van der Waals surface area (Å²) in [4.78, 5) is 11.6. The fourth-order valence-corrected chi connectivity index (χ4v) is 1.47. The molecule has 1 aromatic rings. The lowest BCUT2D eigenvalue weighted by molar-refractivity contribution is -0.157. The van der Waals surface area contributed by atoms with Gasteiger partial charge in [-0.2, -0.15) is 0 Å². The highest BCUT2D eigenvalue weighted by molar-refractivity contribution is 5.75. The second-order valence-corrected chi connectivity index (χ2v) is 5.47. The zero-order valence-electron chi connectivity index (χ0n) is 11.9. The first kappa shape index (κ1) is 15.7. The molecule has 0 aliphatic heterocycles. The molecule has 0 spiro atoms. The molecule has 0 saturated heterocycles. The van der Waals surface area contributed by atoms with Gasteiger partial charge < -0.3 is 15.2 Å². The van der Waals surface area contributed by atoms with Gasteiger partial charge in [-0.25, -0.2) is 0 Å². The summed E-state index contributed by atoms with van der Waals surface area (Å²) in [5.74, 6) is -0.379. The molecule has 0 radical (unpaired) electrons. The number of benzene rings is 1. The maximum absolute atomic E-state index is 11.6. The minimum Gasteiger partial charge on any atom is -0.459 e.